The number of tetrazole rings is 1. The number of thiophene rings is 1. The fraction of sp³-hybridized carbons (Fsp3) is 0.550. The average molecular weight is 467 g/mol. The summed E-state index contributed by atoms with van der Waals surface area (Å²) < 4.78 is 40.4. The van der Waals surface area contributed by atoms with Crippen molar-refractivity contribution in [2.45, 2.75) is 52.2 Å². The van der Waals surface area contributed by atoms with E-state index in [2.05, 4.69) is 32.7 Å². The first-order valence-corrected chi connectivity index (χ1v) is 11.2. The zero-order chi connectivity index (χ0) is 22.9. The van der Waals surface area contributed by atoms with Crippen LogP contribution < -0.4 is 5.32 Å². The van der Waals surface area contributed by atoms with Gasteiger partial charge in [-0.1, -0.05) is 13.8 Å². The minimum absolute atomic E-state index is 0.00797. The first-order valence-electron chi connectivity index (χ1n) is 10.4. The molecule has 3 heterocycles. The third kappa shape index (κ3) is 4.29. The van der Waals surface area contributed by atoms with Crippen molar-refractivity contribution in [1.82, 2.24) is 30.5 Å². The van der Waals surface area contributed by atoms with Crippen LogP contribution in [0, 0.1) is 11.8 Å². The fourth-order valence-electron chi connectivity index (χ4n) is 3.75. The molecule has 1 unspecified atom stereocenters. The fourth-order valence-corrected chi connectivity index (χ4v) is 4.66. The number of hydrogen-bond acceptors (Lipinski definition) is 9. The topological polar surface area (TPSA) is 108 Å². The molecule has 3 atom stereocenters. The van der Waals surface area contributed by atoms with Crippen molar-refractivity contribution < 1.29 is 22.7 Å². The third-order valence-electron chi connectivity index (χ3n) is 5.64. The third-order valence-corrected chi connectivity index (χ3v) is 6.87. The molecule has 1 N–H and O–H groups in total. The van der Waals surface area contributed by atoms with Gasteiger partial charge in [0.1, 0.15) is 6.54 Å². The predicted molar refractivity (Wildman–Crippen MR) is 110 cm³/mol. The van der Waals surface area contributed by atoms with Crippen LogP contribution in [0.5, 0.6) is 0 Å². The van der Waals surface area contributed by atoms with Crippen molar-refractivity contribution in [3.8, 4) is 0 Å². The first kappa shape index (κ1) is 22.5. The molecule has 9 nitrogen and oxygen atoms in total. The molecule has 0 radical (unpaired) electrons. The van der Waals surface area contributed by atoms with Gasteiger partial charge in [0.05, 0.1) is 18.6 Å². The van der Waals surface area contributed by atoms with E-state index < -0.39 is 29.8 Å². The molecule has 1 saturated carbocycles. The van der Waals surface area contributed by atoms with Gasteiger partial charge in [-0.15, -0.1) is 16.4 Å². The van der Waals surface area contributed by atoms with Crippen LogP contribution in [0.4, 0.5) is 8.78 Å². The van der Waals surface area contributed by atoms with E-state index in [4.69, 9.17) is 9.15 Å². The number of ether oxygens (including phenoxy) is 1. The van der Waals surface area contributed by atoms with E-state index in [1.807, 2.05) is 12.1 Å². The van der Waals surface area contributed by atoms with E-state index in [0.29, 0.717) is 6.54 Å². The summed E-state index contributed by atoms with van der Waals surface area (Å²) in [6, 6.07) is 3.25. The Kier molecular flexibility index (Phi) is 6.33. The van der Waals surface area contributed by atoms with E-state index in [-0.39, 0.29) is 30.4 Å². The Morgan fingerprint density at radius 2 is 2.12 bits per heavy atom. The summed E-state index contributed by atoms with van der Waals surface area (Å²) in [6.07, 6.45) is 2.05. The molecule has 4 rings (SSSR count). The molecule has 1 aliphatic rings. The molecular formula is C20H24F2N6O3S. The van der Waals surface area contributed by atoms with Gasteiger partial charge < -0.3 is 14.5 Å². The Labute approximate surface area is 187 Å². The van der Waals surface area contributed by atoms with Gasteiger partial charge in [-0.05, 0) is 35.9 Å². The van der Waals surface area contributed by atoms with E-state index in [1.165, 1.54) is 16.5 Å². The highest BCUT2D eigenvalue weighted by molar-refractivity contribution is 7.11. The molecule has 0 bridgehead atoms. The SMILES string of the molecule is CCOC(=O)c1ncoc1Cn1nnnc1C(NCc1ccc(CC)s1)[C@@H]1[C@@H](C)C1(F)F. The molecule has 0 aliphatic heterocycles. The largest absolute Gasteiger partial charge is 0.461 e. The zero-order valence-electron chi connectivity index (χ0n) is 17.9. The summed E-state index contributed by atoms with van der Waals surface area (Å²) in [7, 11) is 0. The maximum absolute atomic E-state index is 14.4. The molecule has 1 fully saturated rings. The van der Waals surface area contributed by atoms with Crippen LogP contribution in [-0.4, -0.2) is 43.7 Å². The smallest absolute Gasteiger partial charge is 0.360 e. The van der Waals surface area contributed by atoms with Gasteiger partial charge in [0.15, 0.2) is 23.7 Å². The van der Waals surface area contributed by atoms with Crippen LogP contribution in [0.1, 0.15) is 58.6 Å². The Balaban J connectivity index is 1.57. The summed E-state index contributed by atoms with van der Waals surface area (Å²) >= 11 is 1.64. The van der Waals surface area contributed by atoms with E-state index >= 15 is 0 Å². The number of carbonyl (C=O) groups is 1. The second kappa shape index (κ2) is 9.02. The minimum atomic E-state index is -2.82. The van der Waals surface area contributed by atoms with Gasteiger partial charge in [-0.25, -0.2) is 23.2 Å². The monoisotopic (exact) mass is 466 g/mol. The molecule has 1 aliphatic carbocycles. The molecule has 0 aromatic carbocycles. The Morgan fingerprint density at radius 1 is 1.38 bits per heavy atom. The number of nitrogens with one attached hydrogen (secondary N) is 1. The number of alkyl halides is 2. The second-order valence-corrected chi connectivity index (χ2v) is 8.86. The Morgan fingerprint density at radius 3 is 2.78 bits per heavy atom. The number of rotatable bonds is 10. The van der Waals surface area contributed by atoms with Gasteiger partial charge >= 0.3 is 5.97 Å². The molecule has 0 saturated heterocycles. The van der Waals surface area contributed by atoms with Crippen molar-refractivity contribution in [3.63, 3.8) is 0 Å². The summed E-state index contributed by atoms with van der Waals surface area (Å²) in [5, 5.41) is 14.9. The highest BCUT2D eigenvalue weighted by Gasteiger charge is 2.69. The zero-order valence-corrected chi connectivity index (χ0v) is 18.7. The van der Waals surface area contributed by atoms with Crippen LogP contribution in [-0.2, 0) is 24.2 Å². The molecule has 172 valence electrons. The van der Waals surface area contributed by atoms with Crippen molar-refractivity contribution in [2.24, 2.45) is 11.8 Å². The molecule has 0 amide bonds. The summed E-state index contributed by atoms with van der Waals surface area (Å²) in [5.74, 6) is -4.76. The van der Waals surface area contributed by atoms with E-state index in [1.54, 1.807) is 18.3 Å². The van der Waals surface area contributed by atoms with Crippen LogP contribution in [0.25, 0.3) is 0 Å². The Hall–Kier alpha value is -2.73. The Bertz CT molecular complexity index is 1080. The van der Waals surface area contributed by atoms with E-state index in [9.17, 15) is 13.6 Å². The predicted octanol–water partition coefficient (Wildman–Crippen LogP) is 3.24. The van der Waals surface area contributed by atoms with Gasteiger partial charge in [0, 0.05) is 22.2 Å². The summed E-state index contributed by atoms with van der Waals surface area (Å²) in [5.41, 5.74) is 0.00797. The quantitative estimate of drug-likeness (QED) is 0.454. The number of halogens is 2. The number of aromatic nitrogens is 5. The minimum Gasteiger partial charge on any atom is -0.461 e. The first-order chi connectivity index (χ1) is 15.4. The van der Waals surface area contributed by atoms with Crippen molar-refractivity contribution in [2.75, 3.05) is 6.61 Å². The average Bonchev–Trinajstić information content (AvgIpc) is 3.35. The highest BCUT2D eigenvalue weighted by Crippen LogP contribution is 2.60. The summed E-state index contributed by atoms with van der Waals surface area (Å²) in [6.45, 7) is 5.83. The highest BCUT2D eigenvalue weighted by atomic mass is 32.1. The number of nitrogens with zero attached hydrogens (tertiary/aromatic N) is 5. The van der Waals surface area contributed by atoms with Gasteiger partial charge in [-0.3, -0.25) is 0 Å². The molecule has 3 aromatic rings. The number of aryl methyl sites for hydroxylation is 1. The van der Waals surface area contributed by atoms with Crippen molar-refractivity contribution >= 4 is 17.3 Å². The van der Waals surface area contributed by atoms with Gasteiger partial charge in [0.25, 0.3) is 5.92 Å². The van der Waals surface area contributed by atoms with Crippen molar-refractivity contribution in [1.29, 1.82) is 0 Å². The lowest BCUT2D eigenvalue weighted by Gasteiger charge is -2.17. The maximum Gasteiger partial charge on any atom is 0.360 e. The summed E-state index contributed by atoms with van der Waals surface area (Å²) in [4.78, 5) is 18.3. The van der Waals surface area contributed by atoms with Crippen LogP contribution in [0.15, 0.2) is 22.9 Å². The standard InChI is InChI=1S/C20H24F2N6O3S/c1-4-12-6-7-13(32-12)8-23-17(15-11(3)20(15,21)22)18-25-26-27-28(18)9-14-16(24-10-31-14)19(29)30-5-2/h6-7,10-11,15,17,23H,4-5,8-9H2,1-3H3/t11-,15+,17?/m1/s1. The number of esters is 1. The molecule has 12 heteroatoms. The van der Waals surface area contributed by atoms with E-state index in [0.717, 1.165) is 17.7 Å². The van der Waals surface area contributed by atoms with Crippen LogP contribution in [0.2, 0.25) is 0 Å². The number of oxazole rings is 1. The van der Waals surface area contributed by atoms with Crippen LogP contribution in [0.3, 0.4) is 0 Å². The maximum atomic E-state index is 14.4. The lowest BCUT2D eigenvalue weighted by Crippen LogP contribution is -2.28. The lowest BCUT2D eigenvalue weighted by atomic mass is 10.1. The van der Waals surface area contributed by atoms with Gasteiger partial charge in [-0.2, -0.15) is 0 Å². The molecule has 0 spiro atoms. The second-order valence-electron chi connectivity index (χ2n) is 7.61. The molecule has 3 aromatic heterocycles. The number of carbonyl (C=O) groups excluding carboxylic acids is 1. The normalized spacial score (nSPS) is 20.3. The molecular weight excluding hydrogens is 442 g/mol. The molecule has 32 heavy (non-hydrogen) atoms. The number of hydrogen-bond donors (Lipinski definition) is 1. The van der Waals surface area contributed by atoms with Crippen LogP contribution >= 0.6 is 11.3 Å². The van der Waals surface area contributed by atoms with Crippen molar-refractivity contribution in [3.05, 3.63) is 45.6 Å². The van der Waals surface area contributed by atoms with Gasteiger partial charge in [0.2, 0.25) is 0 Å². The lowest BCUT2D eigenvalue weighted by molar-refractivity contribution is 0.0517.